The molecule has 0 spiro atoms. The predicted octanol–water partition coefficient (Wildman–Crippen LogP) is -4.64. The summed E-state index contributed by atoms with van der Waals surface area (Å²) >= 11 is 0. The van der Waals surface area contributed by atoms with Crippen molar-refractivity contribution in [3.05, 3.63) is 0 Å². The molecule has 0 aliphatic heterocycles. The van der Waals surface area contributed by atoms with Crippen LogP contribution < -0.4 is 51.4 Å². The maximum atomic E-state index is 8.63. The second-order valence-corrected chi connectivity index (χ2v) is 1.28. The van der Waals surface area contributed by atoms with Crippen LogP contribution >= 0.6 is 0 Å². The first-order chi connectivity index (χ1) is 2.00. The van der Waals surface area contributed by atoms with Crippen LogP contribution in [0.15, 0.2) is 0 Å². The van der Waals surface area contributed by atoms with Gasteiger partial charge in [0.1, 0.15) is 0 Å². The number of rotatable bonds is 0. The zero-order valence-corrected chi connectivity index (χ0v) is 7.02. The fraction of sp³-hybridized carbons (Fsp3) is 0. The fourth-order valence-corrected chi connectivity index (χ4v) is 0. The molecular formula is H2KNaO4S. The first kappa shape index (κ1) is 16.2. The Kier molecular flexibility index (Phi) is 15.4. The number of hydrogen-bond acceptors (Lipinski definition) is 3. The van der Waals surface area contributed by atoms with Gasteiger partial charge < -0.3 is 4.55 Å². The minimum absolute atomic E-state index is 0. The van der Waals surface area contributed by atoms with Gasteiger partial charge in [-0.25, -0.2) is 8.42 Å². The third-order valence-electron chi connectivity index (χ3n) is 0. The van der Waals surface area contributed by atoms with Gasteiger partial charge in [-0.3, -0.25) is 4.55 Å². The van der Waals surface area contributed by atoms with Crippen molar-refractivity contribution < 1.29 is 68.9 Å². The minimum atomic E-state index is -4.92. The average molecular weight is 160 g/mol. The van der Waals surface area contributed by atoms with E-state index in [9.17, 15) is 0 Å². The normalized spacial score (nSPS) is 8.29. The Morgan fingerprint density at radius 3 is 1.43 bits per heavy atom. The summed E-state index contributed by atoms with van der Waals surface area (Å²) in [4.78, 5) is 0. The van der Waals surface area contributed by atoms with Crippen molar-refractivity contribution in [2.24, 2.45) is 0 Å². The number of hydrogen-bond donors (Lipinski definition) is 1. The van der Waals surface area contributed by atoms with Crippen LogP contribution in [0.4, 0.5) is 0 Å². The molecule has 7 heavy (non-hydrogen) atoms. The topological polar surface area (TPSA) is 77.4 Å². The molecule has 0 saturated heterocycles. The molecule has 0 aromatic rings. The summed E-state index contributed by atoms with van der Waals surface area (Å²) in [5.74, 6) is 0. The van der Waals surface area contributed by atoms with Gasteiger partial charge in [-0.1, -0.05) is 0 Å². The molecule has 7 heteroatoms. The summed E-state index contributed by atoms with van der Waals surface area (Å²) in [6.07, 6.45) is 0. The van der Waals surface area contributed by atoms with Crippen LogP contribution in [-0.4, -0.2) is 47.1 Å². The van der Waals surface area contributed by atoms with Crippen molar-refractivity contribution in [1.82, 2.24) is 0 Å². The molecule has 34 valence electrons. The van der Waals surface area contributed by atoms with Crippen LogP contribution in [-0.2, 0) is 10.4 Å². The molecule has 0 rings (SSSR count). The fourth-order valence-electron chi connectivity index (χ4n) is 0. The summed E-state index contributed by atoms with van der Waals surface area (Å²) < 4.78 is 32.8. The van der Waals surface area contributed by atoms with Crippen LogP contribution in [0.1, 0.15) is 0 Å². The van der Waals surface area contributed by atoms with Crippen molar-refractivity contribution in [2.45, 2.75) is 0 Å². The quantitative estimate of drug-likeness (QED) is 0.219. The monoisotopic (exact) mass is 160 g/mol. The van der Waals surface area contributed by atoms with Crippen LogP contribution in [0.2, 0.25) is 0 Å². The van der Waals surface area contributed by atoms with Gasteiger partial charge in [-0.15, -0.1) is 0 Å². The molecule has 0 saturated carbocycles. The summed E-state index contributed by atoms with van der Waals surface area (Å²) in [6.45, 7) is 0. The predicted molar refractivity (Wildman–Crippen MR) is 19.5 cm³/mol. The van der Waals surface area contributed by atoms with E-state index >= 15 is 0 Å². The average Bonchev–Trinajstić information content (AvgIpc) is 0.722. The third kappa shape index (κ3) is 57.3. The van der Waals surface area contributed by atoms with Crippen molar-refractivity contribution in [3.8, 4) is 0 Å². The Bertz CT molecular complexity index is 94.9. The van der Waals surface area contributed by atoms with Crippen molar-refractivity contribution in [2.75, 3.05) is 0 Å². The molecule has 0 radical (unpaired) electrons. The summed E-state index contributed by atoms with van der Waals surface area (Å²) in [6, 6.07) is 0. The van der Waals surface area contributed by atoms with Crippen LogP contribution in [0.3, 0.4) is 0 Å². The first-order valence-electron chi connectivity index (χ1n) is 0.683. The van der Waals surface area contributed by atoms with Gasteiger partial charge in [-0.05, 0) is 0 Å². The molecular weight excluding hydrogens is 158 g/mol. The van der Waals surface area contributed by atoms with E-state index in [4.69, 9.17) is 17.5 Å². The van der Waals surface area contributed by atoms with E-state index < -0.39 is 10.4 Å². The van der Waals surface area contributed by atoms with Crippen molar-refractivity contribution >= 4 is 40.0 Å². The Hall–Kier alpha value is 2.51. The van der Waals surface area contributed by atoms with E-state index in [2.05, 4.69) is 0 Å². The molecule has 0 aromatic heterocycles. The Morgan fingerprint density at radius 2 is 1.43 bits per heavy atom. The molecule has 0 atom stereocenters. The summed E-state index contributed by atoms with van der Waals surface area (Å²) in [5, 5.41) is 0. The van der Waals surface area contributed by atoms with Crippen molar-refractivity contribution in [3.63, 3.8) is 0 Å². The van der Waals surface area contributed by atoms with E-state index in [1.807, 2.05) is 0 Å². The van der Waals surface area contributed by atoms with Gasteiger partial charge in [0.15, 0.2) is 0 Å². The van der Waals surface area contributed by atoms with E-state index in [0.717, 1.165) is 0 Å². The molecule has 4 nitrogen and oxygen atoms in total. The van der Waals surface area contributed by atoms with E-state index in [1.54, 1.807) is 0 Å². The SMILES string of the molecule is O=S(=O)([O-])O.[K+].[NaH]. The van der Waals surface area contributed by atoms with Gasteiger partial charge in [0.05, 0.1) is 0 Å². The Labute approximate surface area is 106 Å². The van der Waals surface area contributed by atoms with Gasteiger partial charge >= 0.3 is 80.9 Å². The Balaban J connectivity index is -0.0000000800. The van der Waals surface area contributed by atoms with Crippen LogP contribution in [0, 0.1) is 0 Å². The molecule has 1 N–H and O–H groups in total. The first-order valence-corrected chi connectivity index (χ1v) is 2.05. The van der Waals surface area contributed by atoms with Crippen molar-refractivity contribution in [1.29, 1.82) is 0 Å². The van der Waals surface area contributed by atoms with Gasteiger partial charge in [0, 0.05) is 0 Å². The molecule has 0 heterocycles. The molecule has 0 unspecified atom stereocenters. The Morgan fingerprint density at radius 1 is 1.43 bits per heavy atom. The maximum absolute atomic E-state index is 8.63. The van der Waals surface area contributed by atoms with Crippen LogP contribution in [0.25, 0.3) is 0 Å². The van der Waals surface area contributed by atoms with Gasteiger partial charge in [0.25, 0.3) is 0 Å². The molecule has 0 aliphatic rings. The molecule has 0 aliphatic carbocycles. The van der Waals surface area contributed by atoms with Gasteiger partial charge in [0.2, 0.25) is 10.4 Å². The van der Waals surface area contributed by atoms with Gasteiger partial charge in [-0.2, -0.15) is 0 Å². The summed E-state index contributed by atoms with van der Waals surface area (Å²) in [7, 11) is -4.92. The molecule has 0 fully saturated rings. The molecule has 0 amide bonds. The second-order valence-electron chi connectivity index (χ2n) is 0.428. The van der Waals surface area contributed by atoms with Crippen LogP contribution in [0.5, 0.6) is 0 Å². The third-order valence-corrected chi connectivity index (χ3v) is 0. The second kappa shape index (κ2) is 6.62. The van der Waals surface area contributed by atoms with E-state index in [1.165, 1.54) is 0 Å². The zero-order valence-electron chi connectivity index (χ0n) is 3.08. The standard InChI is InChI=1S/K.Na.H2O4S.H/c;;1-5(2,3)4;/h;;(H2,1,2,3,4);/q+1;;;/p-1. The van der Waals surface area contributed by atoms with E-state index in [-0.39, 0.29) is 80.9 Å². The molecule has 0 aromatic carbocycles. The zero-order chi connectivity index (χ0) is 4.50. The molecule has 0 bridgehead atoms. The van der Waals surface area contributed by atoms with E-state index in [0.29, 0.717) is 0 Å². The summed E-state index contributed by atoms with van der Waals surface area (Å²) in [5.41, 5.74) is 0.